The predicted octanol–water partition coefficient (Wildman–Crippen LogP) is 1.09. The maximum Gasteiger partial charge on any atom is 0.218 e. The summed E-state index contributed by atoms with van der Waals surface area (Å²) in [4.78, 5) is 9.38. The van der Waals surface area contributed by atoms with Crippen LogP contribution in [0, 0.1) is 11.9 Å². The Morgan fingerprint density at radius 2 is 2.47 bits per heavy atom. The minimum absolute atomic E-state index is 0.491. The van der Waals surface area contributed by atoms with Crippen molar-refractivity contribution in [2.24, 2.45) is 5.92 Å². The molecule has 4 nitrogen and oxygen atoms in total. The lowest BCUT2D eigenvalue weighted by Crippen LogP contribution is -2.26. The van der Waals surface area contributed by atoms with E-state index in [9.17, 15) is 4.39 Å². The standard InChI is InChI=1S/C10H14FN3O/c1-14(5-8-2-3-15-6-8)10-4-9(11)12-7-13-10/h4,7-8H,2-3,5-6H2,1H3. The Balaban J connectivity index is 1.97. The van der Waals surface area contributed by atoms with E-state index in [-0.39, 0.29) is 0 Å². The molecule has 1 aromatic heterocycles. The third-order valence-electron chi connectivity index (χ3n) is 2.57. The summed E-state index contributed by atoms with van der Waals surface area (Å²) >= 11 is 0. The average molecular weight is 211 g/mol. The summed E-state index contributed by atoms with van der Waals surface area (Å²) in [6, 6.07) is 1.34. The highest BCUT2D eigenvalue weighted by atomic mass is 19.1. The van der Waals surface area contributed by atoms with Crippen LogP contribution in [0.25, 0.3) is 0 Å². The van der Waals surface area contributed by atoms with Crippen LogP contribution in [0.5, 0.6) is 0 Å². The number of halogens is 1. The van der Waals surface area contributed by atoms with E-state index < -0.39 is 5.95 Å². The SMILES string of the molecule is CN(CC1CCOC1)c1cc(F)ncn1. The normalized spacial score (nSPS) is 20.5. The molecule has 1 atom stereocenters. The van der Waals surface area contributed by atoms with Crippen LogP contribution in [0.3, 0.4) is 0 Å². The predicted molar refractivity (Wildman–Crippen MR) is 54.2 cm³/mol. The van der Waals surface area contributed by atoms with E-state index in [2.05, 4.69) is 9.97 Å². The fourth-order valence-corrected chi connectivity index (χ4v) is 1.74. The zero-order valence-corrected chi connectivity index (χ0v) is 8.69. The molecule has 1 saturated heterocycles. The Morgan fingerprint density at radius 1 is 1.60 bits per heavy atom. The summed E-state index contributed by atoms with van der Waals surface area (Å²) < 4.78 is 18.1. The van der Waals surface area contributed by atoms with Crippen molar-refractivity contribution in [3.8, 4) is 0 Å². The van der Waals surface area contributed by atoms with Crippen molar-refractivity contribution in [2.75, 3.05) is 31.7 Å². The molecule has 0 radical (unpaired) electrons. The van der Waals surface area contributed by atoms with Crippen molar-refractivity contribution < 1.29 is 9.13 Å². The second-order valence-electron chi connectivity index (χ2n) is 3.81. The summed E-state index contributed by atoms with van der Waals surface area (Å²) in [5, 5.41) is 0. The van der Waals surface area contributed by atoms with Crippen LogP contribution in [0.15, 0.2) is 12.4 Å². The van der Waals surface area contributed by atoms with Crippen LogP contribution in [0.4, 0.5) is 10.2 Å². The third kappa shape index (κ3) is 2.62. The molecule has 0 aliphatic carbocycles. The first-order valence-electron chi connectivity index (χ1n) is 5.02. The van der Waals surface area contributed by atoms with E-state index in [0.717, 1.165) is 26.2 Å². The van der Waals surface area contributed by atoms with E-state index in [1.165, 1.54) is 12.4 Å². The molecule has 0 bridgehead atoms. The summed E-state index contributed by atoms with van der Waals surface area (Å²) in [5.74, 6) is 0.650. The molecule has 1 fully saturated rings. The lowest BCUT2D eigenvalue weighted by Gasteiger charge is -2.20. The fraction of sp³-hybridized carbons (Fsp3) is 0.600. The van der Waals surface area contributed by atoms with Gasteiger partial charge in [-0.1, -0.05) is 0 Å². The van der Waals surface area contributed by atoms with E-state index in [0.29, 0.717) is 11.7 Å². The molecule has 1 aliphatic heterocycles. The first-order valence-corrected chi connectivity index (χ1v) is 5.02. The number of hydrogen-bond donors (Lipinski definition) is 0. The van der Waals surface area contributed by atoms with E-state index in [1.807, 2.05) is 11.9 Å². The Kier molecular flexibility index (Phi) is 3.11. The zero-order valence-electron chi connectivity index (χ0n) is 8.69. The number of nitrogens with zero attached hydrogens (tertiary/aromatic N) is 3. The van der Waals surface area contributed by atoms with Crippen molar-refractivity contribution in [2.45, 2.75) is 6.42 Å². The van der Waals surface area contributed by atoms with Gasteiger partial charge in [0.2, 0.25) is 5.95 Å². The van der Waals surface area contributed by atoms with Crippen molar-refractivity contribution in [3.63, 3.8) is 0 Å². The summed E-state index contributed by atoms with van der Waals surface area (Å²) in [5.41, 5.74) is 0. The van der Waals surface area contributed by atoms with Crippen molar-refractivity contribution in [1.82, 2.24) is 9.97 Å². The van der Waals surface area contributed by atoms with Gasteiger partial charge in [-0.05, 0) is 6.42 Å². The Labute approximate surface area is 88.1 Å². The first-order chi connectivity index (χ1) is 7.25. The Morgan fingerprint density at radius 3 is 3.13 bits per heavy atom. The van der Waals surface area contributed by atoms with Gasteiger partial charge in [0, 0.05) is 32.2 Å². The van der Waals surface area contributed by atoms with Crippen molar-refractivity contribution in [1.29, 1.82) is 0 Å². The molecule has 0 amide bonds. The van der Waals surface area contributed by atoms with Crippen LogP contribution in [-0.2, 0) is 4.74 Å². The van der Waals surface area contributed by atoms with Crippen LogP contribution >= 0.6 is 0 Å². The zero-order chi connectivity index (χ0) is 10.7. The monoisotopic (exact) mass is 211 g/mol. The second kappa shape index (κ2) is 4.53. The fourth-order valence-electron chi connectivity index (χ4n) is 1.74. The number of ether oxygens (including phenoxy) is 1. The van der Waals surface area contributed by atoms with Gasteiger partial charge in [0.15, 0.2) is 0 Å². The number of hydrogen-bond acceptors (Lipinski definition) is 4. The highest BCUT2D eigenvalue weighted by Gasteiger charge is 2.18. The maximum atomic E-state index is 12.8. The third-order valence-corrected chi connectivity index (χ3v) is 2.57. The highest BCUT2D eigenvalue weighted by molar-refractivity contribution is 5.35. The highest BCUT2D eigenvalue weighted by Crippen LogP contribution is 2.16. The van der Waals surface area contributed by atoms with Gasteiger partial charge in [-0.2, -0.15) is 4.39 Å². The average Bonchev–Trinajstić information content (AvgIpc) is 2.70. The minimum Gasteiger partial charge on any atom is -0.381 e. The van der Waals surface area contributed by atoms with Gasteiger partial charge in [-0.15, -0.1) is 0 Å². The molecule has 82 valence electrons. The van der Waals surface area contributed by atoms with E-state index >= 15 is 0 Å². The van der Waals surface area contributed by atoms with Gasteiger partial charge in [0.25, 0.3) is 0 Å². The smallest absolute Gasteiger partial charge is 0.218 e. The molecule has 1 aliphatic rings. The minimum atomic E-state index is -0.491. The lowest BCUT2D eigenvalue weighted by atomic mass is 10.1. The molecule has 15 heavy (non-hydrogen) atoms. The molecule has 0 aromatic carbocycles. The van der Waals surface area contributed by atoms with Gasteiger partial charge in [0.1, 0.15) is 12.1 Å². The van der Waals surface area contributed by atoms with Gasteiger partial charge in [0.05, 0.1) is 6.61 Å². The molecule has 2 rings (SSSR count). The summed E-state index contributed by atoms with van der Waals surface area (Å²) in [6.07, 6.45) is 2.31. The molecule has 0 saturated carbocycles. The van der Waals surface area contributed by atoms with Crippen LogP contribution in [-0.4, -0.2) is 36.8 Å². The number of aromatic nitrogens is 2. The van der Waals surface area contributed by atoms with Crippen LogP contribution in [0.1, 0.15) is 6.42 Å². The van der Waals surface area contributed by atoms with Gasteiger partial charge >= 0.3 is 0 Å². The number of anilines is 1. The molecule has 1 unspecified atom stereocenters. The van der Waals surface area contributed by atoms with Crippen molar-refractivity contribution >= 4 is 5.82 Å². The largest absolute Gasteiger partial charge is 0.381 e. The number of rotatable bonds is 3. The molecule has 0 N–H and O–H groups in total. The van der Waals surface area contributed by atoms with Crippen LogP contribution in [0.2, 0.25) is 0 Å². The van der Waals surface area contributed by atoms with Crippen molar-refractivity contribution in [3.05, 3.63) is 18.3 Å². The lowest BCUT2D eigenvalue weighted by molar-refractivity contribution is 0.186. The Hall–Kier alpha value is -1.23. The maximum absolute atomic E-state index is 12.8. The molecular formula is C10H14FN3O. The van der Waals surface area contributed by atoms with E-state index in [1.54, 1.807) is 0 Å². The summed E-state index contributed by atoms with van der Waals surface area (Å²) in [7, 11) is 1.90. The first kappa shape index (κ1) is 10.3. The summed E-state index contributed by atoms with van der Waals surface area (Å²) in [6.45, 7) is 2.46. The topological polar surface area (TPSA) is 38.2 Å². The molecule has 2 heterocycles. The molecule has 1 aromatic rings. The van der Waals surface area contributed by atoms with Gasteiger partial charge < -0.3 is 9.64 Å². The van der Waals surface area contributed by atoms with Crippen LogP contribution < -0.4 is 4.90 Å². The molecule has 5 heteroatoms. The second-order valence-corrected chi connectivity index (χ2v) is 3.81. The van der Waals surface area contributed by atoms with E-state index in [4.69, 9.17) is 4.74 Å². The molecule has 0 spiro atoms. The quantitative estimate of drug-likeness (QED) is 0.701. The Bertz CT molecular complexity index is 328. The molecular weight excluding hydrogens is 197 g/mol. The van der Waals surface area contributed by atoms with Gasteiger partial charge in [-0.3, -0.25) is 0 Å². The van der Waals surface area contributed by atoms with Gasteiger partial charge in [-0.25, -0.2) is 9.97 Å².